The maximum Gasteiger partial charge on any atom is 0.0424 e. The summed E-state index contributed by atoms with van der Waals surface area (Å²) in [4.78, 5) is 0.434. The van der Waals surface area contributed by atoms with Crippen molar-refractivity contribution in [3.63, 3.8) is 0 Å². The minimum atomic E-state index is 0.434. The maximum atomic E-state index is 3.62. The molecule has 1 aromatic carbocycles. The molecular weight excluding hydrogens is 200 g/mol. The van der Waals surface area contributed by atoms with Gasteiger partial charge in [-0.3, -0.25) is 0 Å². The van der Waals surface area contributed by atoms with Crippen molar-refractivity contribution in [1.82, 2.24) is 0 Å². The molecule has 1 unspecified atom stereocenters. The van der Waals surface area contributed by atoms with E-state index in [9.17, 15) is 0 Å². The van der Waals surface area contributed by atoms with Crippen LogP contribution in [-0.2, 0) is 0 Å². The summed E-state index contributed by atoms with van der Waals surface area (Å²) < 4.78 is 0. The summed E-state index contributed by atoms with van der Waals surface area (Å²) in [5.74, 6) is 0.619. The van der Waals surface area contributed by atoms with Crippen molar-refractivity contribution in [3.05, 3.63) is 35.9 Å². The van der Waals surface area contributed by atoms with Crippen LogP contribution in [0.15, 0.2) is 24.3 Å². The van der Waals surface area contributed by atoms with Crippen LogP contribution in [0.3, 0.4) is 0 Å². The van der Waals surface area contributed by atoms with Gasteiger partial charge in [-0.15, -0.1) is 0 Å². The molecule has 0 nitrogen and oxygen atoms in total. The molecule has 0 saturated carbocycles. The Labute approximate surface area is 76.8 Å². The molecule has 0 saturated heterocycles. The highest BCUT2D eigenvalue weighted by Crippen LogP contribution is 2.29. The quantitative estimate of drug-likeness (QED) is 0.657. The van der Waals surface area contributed by atoms with E-state index in [0.717, 1.165) is 0 Å². The van der Waals surface area contributed by atoms with Gasteiger partial charge in [-0.2, -0.15) is 0 Å². The van der Waals surface area contributed by atoms with Crippen LogP contribution in [0.5, 0.6) is 0 Å². The first-order valence-electron chi connectivity index (χ1n) is 3.82. The van der Waals surface area contributed by atoms with Crippen molar-refractivity contribution in [1.29, 1.82) is 0 Å². The first-order valence-corrected chi connectivity index (χ1v) is 4.74. The predicted octanol–water partition coefficient (Wildman–Crippen LogP) is 3.58. The van der Waals surface area contributed by atoms with Crippen molar-refractivity contribution in [3.8, 4) is 0 Å². The fourth-order valence-corrected chi connectivity index (χ4v) is 1.22. The van der Waals surface area contributed by atoms with Gasteiger partial charge in [0.05, 0.1) is 0 Å². The van der Waals surface area contributed by atoms with Gasteiger partial charge >= 0.3 is 0 Å². The van der Waals surface area contributed by atoms with Gasteiger partial charge in [0.25, 0.3) is 0 Å². The lowest BCUT2D eigenvalue weighted by Gasteiger charge is -2.12. The third-order valence-electron chi connectivity index (χ3n) is 1.62. The van der Waals surface area contributed by atoms with E-state index >= 15 is 0 Å². The largest absolute Gasteiger partial charge is 0.0836 e. The molecule has 59 valence electrons. The van der Waals surface area contributed by atoms with Crippen LogP contribution < -0.4 is 0 Å². The number of rotatable bonds is 2. The van der Waals surface area contributed by atoms with Crippen molar-refractivity contribution < 1.29 is 0 Å². The SMILES string of the molecule is CC(C)C(Br)c1[c]cccc1. The Balaban J connectivity index is 2.77. The third kappa shape index (κ3) is 2.33. The maximum absolute atomic E-state index is 3.62. The molecule has 0 aliphatic heterocycles. The number of hydrogen-bond donors (Lipinski definition) is 0. The Morgan fingerprint density at radius 1 is 1.36 bits per heavy atom. The predicted molar refractivity (Wildman–Crippen MR) is 51.8 cm³/mol. The second kappa shape index (κ2) is 3.91. The van der Waals surface area contributed by atoms with Gasteiger partial charge in [0.2, 0.25) is 0 Å². The average molecular weight is 212 g/mol. The van der Waals surface area contributed by atoms with Gasteiger partial charge in [-0.05, 0) is 17.5 Å². The molecule has 0 amide bonds. The number of halogens is 1. The highest BCUT2D eigenvalue weighted by molar-refractivity contribution is 9.09. The van der Waals surface area contributed by atoms with Crippen molar-refractivity contribution in [2.75, 3.05) is 0 Å². The zero-order chi connectivity index (χ0) is 8.27. The van der Waals surface area contributed by atoms with Gasteiger partial charge in [-0.25, -0.2) is 0 Å². The second-order valence-electron chi connectivity index (χ2n) is 2.96. The Kier molecular flexibility index (Phi) is 3.13. The lowest BCUT2D eigenvalue weighted by atomic mass is 10.0. The van der Waals surface area contributed by atoms with E-state index in [4.69, 9.17) is 0 Å². The van der Waals surface area contributed by atoms with Crippen LogP contribution in [0, 0.1) is 12.0 Å². The Bertz CT molecular complexity index is 203. The number of benzene rings is 1. The number of hydrogen-bond acceptors (Lipinski definition) is 0. The second-order valence-corrected chi connectivity index (χ2v) is 3.95. The van der Waals surface area contributed by atoms with Gasteiger partial charge in [-0.1, -0.05) is 54.0 Å². The standard InChI is InChI=1S/C10H12Br/c1-8(2)10(11)9-6-4-3-5-7-9/h3-6,8,10H,1-2H3. The van der Waals surface area contributed by atoms with Gasteiger partial charge in [0.15, 0.2) is 0 Å². The summed E-state index contributed by atoms with van der Waals surface area (Å²) in [6, 6.07) is 11.3. The summed E-state index contributed by atoms with van der Waals surface area (Å²) in [5.41, 5.74) is 1.24. The fourth-order valence-electron chi connectivity index (χ4n) is 0.938. The molecule has 0 aliphatic rings. The number of alkyl halides is 1. The van der Waals surface area contributed by atoms with Crippen LogP contribution in [0.2, 0.25) is 0 Å². The average Bonchev–Trinajstić information content (AvgIpc) is 2.05. The van der Waals surface area contributed by atoms with E-state index in [1.165, 1.54) is 5.56 Å². The van der Waals surface area contributed by atoms with Crippen LogP contribution in [0.1, 0.15) is 24.2 Å². The smallest absolute Gasteiger partial charge is 0.0424 e. The molecule has 1 radical (unpaired) electrons. The van der Waals surface area contributed by atoms with Gasteiger partial charge in [0, 0.05) is 4.83 Å². The van der Waals surface area contributed by atoms with Crippen molar-refractivity contribution in [2.45, 2.75) is 18.7 Å². The summed E-state index contributed by atoms with van der Waals surface area (Å²) in [5, 5.41) is 0. The Hall–Kier alpha value is -0.300. The van der Waals surface area contributed by atoms with Crippen molar-refractivity contribution >= 4 is 15.9 Å². The Morgan fingerprint density at radius 3 is 2.55 bits per heavy atom. The molecule has 0 fully saturated rings. The van der Waals surface area contributed by atoms with E-state index in [1.807, 2.05) is 18.2 Å². The molecule has 0 bridgehead atoms. The zero-order valence-electron chi connectivity index (χ0n) is 6.84. The molecule has 0 heterocycles. The van der Waals surface area contributed by atoms with E-state index in [2.05, 4.69) is 41.9 Å². The van der Waals surface area contributed by atoms with Gasteiger partial charge in [0.1, 0.15) is 0 Å². The minimum absolute atomic E-state index is 0.434. The monoisotopic (exact) mass is 211 g/mol. The van der Waals surface area contributed by atoms with Gasteiger partial charge < -0.3 is 0 Å². The molecule has 0 spiro atoms. The summed E-state index contributed by atoms with van der Waals surface area (Å²) >= 11 is 3.62. The first kappa shape index (κ1) is 8.79. The molecule has 0 N–H and O–H groups in total. The highest BCUT2D eigenvalue weighted by atomic mass is 79.9. The molecule has 1 atom stereocenters. The summed E-state index contributed by atoms with van der Waals surface area (Å²) in [6.45, 7) is 4.39. The zero-order valence-corrected chi connectivity index (χ0v) is 8.43. The molecule has 0 aliphatic carbocycles. The van der Waals surface area contributed by atoms with E-state index < -0.39 is 0 Å². The molecule has 11 heavy (non-hydrogen) atoms. The first-order chi connectivity index (χ1) is 5.22. The van der Waals surface area contributed by atoms with Crippen LogP contribution >= 0.6 is 15.9 Å². The van der Waals surface area contributed by atoms with Crippen LogP contribution in [-0.4, -0.2) is 0 Å². The molecular formula is C10H12Br. The summed E-state index contributed by atoms with van der Waals surface area (Å²) in [7, 11) is 0. The topological polar surface area (TPSA) is 0 Å². The molecule has 1 aromatic rings. The molecule has 0 aromatic heterocycles. The lowest BCUT2D eigenvalue weighted by Crippen LogP contribution is -1.97. The molecule has 1 heteroatoms. The fraction of sp³-hybridized carbons (Fsp3) is 0.400. The highest BCUT2D eigenvalue weighted by Gasteiger charge is 2.10. The van der Waals surface area contributed by atoms with Crippen LogP contribution in [0.25, 0.3) is 0 Å². The normalized spacial score (nSPS) is 13.5. The lowest BCUT2D eigenvalue weighted by molar-refractivity contribution is 0.640. The Morgan fingerprint density at radius 2 is 2.09 bits per heavy atom. The van der Waals surface area contributed by atoms with E-state index in [0.29, 0.717) is 10.7 Å². The molecule has 1 rings (SSSR count). The van der Waals surface area contributed by atoms with Crippen molar-refractivity contribution in [2.24, 2.45) is 5.92 Å². The summed E-state index contributed by atoms with van der Waals surface area (Å²) in [6.07, 6.45) is 0. The van der Waals surface area contributed by atoms with E-state index in [1.54, 1.807) is 0 Å². The minimum Gasteiger partial charge on any atom is -0.0836 e. The third-order valence-corrected chi connectivity index (χ3v) is 3.17. The van der Waals surface area contributed by atoms with Crippen LogP contribution in [0.4, 0.5) is 0 Å². The van der Waals surface area contributed by atoms with E-state index in [-0.39, 0.29) is 0 Å².